The van der Waals surface area contributed by atoms with Crippen LogP contribution in [-0.4, -0.2) is 30.9 Å². The molecule has 3 aromatic rings. The van der Waals surface area contributed by atoms with Crippen LogP contribution < -0.4 is 10.6 Å². The molecular formula is C23H22N2O4. The molecule has 0 bridgehead atoms. The van der Waals surface area contributed by atoms with Crippen LogP contribution in [0.25, 0.3) is 10.8 Å². The summed E-state index contributed by atoms with van der Waals surface area (Å²) in [6, 6.07) is 19.4. The number of benzene rings is 3. The van der Waals surface area contributed by atoms with E-state index in [2.05, 4.69) is 10.6 Å². The van der Waals surface area contributed by atoms with Gasteiger partial charge in [0.1, 0.15) is 6.04 Å². The van der Waals surface area contributed by atoms with Crippen molar-refractivity contribution in [3.63, 3.8) is 0 Å². The van der Waals surface area contributed by atoms with Crippen molar-refractivity contribution in [1.82, 2.24) is 5.32 Å². The third kappa shape index (κ3) is 4.99. The van der Waals surface area contributed by atoms with Crippen molar-refractivity contribution in [3.05, 3.63) is 77.9 Å². The lowest BCUT2D eigenvalue weighted by Gasteiger charge is -2.18. The van der Waals surface area contributed by atoms with Gasteiger partial charge in [0.25, 0.3) is 5.91 Å². The minimum absolute atomic E-state index is 0.231. The first-order valence-electron chi connectivity index (χ1n) is 9.21. The number of carbonyl (C=O) groups excluding carboxylic acids is 3. The molecule has 0 saturated heterocycles. The normalized spacial score (nSPS) is 11.5. The molecular weight excluding hydrogens is 368 g/mol. The summed E-state index contributed by atoms with van der Waals surface area (Å²) in [6.45, 7) is 1.39. The minimum Gasteiger partial charge on any atom is -0.467 e. The molecule has 6 heteroatoms. The Morgan fingerprint density at radius 3 is 2.45 bits per heavy atom. The average Bonchev–Trinajstić information content (AvgIpc) is 2.72. The Labute approximate surface area is 168 Å². The van der Waals surface area contributed by atoms with Gasteiger partial charge < -0.3 is 15.4 Å². The summed E-state index contributed by atoms with van der Waals surface area (Å²) in [5, 5.41) is 7.47. The Bertz CT molecular complexity index is 1060. The first kappa shape index (κ1) is 20.1. The van der Waals surface area contributed by atoms with Crippen molar-refractivity contribution in [2.75, 3.05) is 12.4 Å². The first-order valence-corrected chi connectivity index (χ1v) is 9.21. The highest BCUT2D eigenvalue weighted by atomic mass is 16.5. The number of anilines is 1. The number of hydrogen-bond acceptors (Lipinski definition) is 4. The van der Waals surface area contributed by atoms with Crippen molar-refractivity contribution in [2.24, 2.45) is 0 Å². The molecule has 3 rings (SSSR count). The van der Waals surface area contributed by atoms with E-state index in [1.807, 2.05) is 42.5 Å². The van der Waals surface area contributed by atoms with Gasteiger partial charge in [-0.15, -0.1) is 0 Å². The van der Waals surface area contributed by atoms with Gasteiger partial charge in [0.05, 0.1) is 7.11 Å². The fourth-order valence-electron chi connectivity index (χ4n) is 3.21. The molecule has 1 atom stereocenters. The number of rotatable bonds is 6. The van der Waals surface area contributed by atoms with Gasteiger partial charge in [0, 0.05) is 24.6 Å². The first-order chi connectivity index (χ1) is 14.0. The Balaban J connectivity index is 1.83. The molecule has 3 aromatic carbocycles. The van der Waals surface area contributed by atoms with Gasteiger partial charge in [-0.1, -0.05) is 48.5 Å². The topological polar surface area (TPSA) is 84.5 Å². The molecule has 6 nitrogen and oxygen atoms in total. The number of methoxy groups -OCH3 is 1. The second kappa shape index (κ2) is 9.01. The van der Waals surface area contributed by atoms with E-state index in [4.69, 9.17) is 4.74 Å². The lowest BCUT2D eigenvalue weighted by molar-refractivity contribution is -0.142. The quantitative estimate of drug-likeness (QED) is 0.633. The number of esters is 1. The third-order valence-electron chi connectivity index (χ3n) is 4.54. The summed E-state index contributed by atoms with van der Waals surface area (Å²) in [5.41, 5.74) is 1.78. The summed E-state index contributed by atoms with van der Waals surface area (Å²) in [7, 11) is 1.29. The molecule has 2 N–H and O–H groups in total. The molecule has 0 aliphatic rings. The molecule has 0 fully saturated rings. The van der Waals surface area contributed by atoms with Gasteiger partial charge in [0.2, 0.25) is 5.91 Å². The lowest BCUT2D eigenvalue weighted by atomic mass is 9.98. The standard InChI is InChI=1S/C23H22N2O4/c1-15(26)24-19-11-6-10-18(13-19)22(27)25-21(23(28)29-2)14-17-9-5-8-16-7-3-4-12-20(16)17/h3-13,21H,14H2,1-2H3,(H,24,26)(H,25,27)/t21-/m0/s1. The zero-order valence-electron chi connectivity index (χ0n) is 16.3. The Morgan fingerprint density at radius 2 is 1.69 bits per heavy atom. The van der Waals surface area contributed by atoms with E-state index in [1.54, 1.807) is 24.3 Å². The summed E-state index contributed by atoms with van der Waals surface area (Å²) < 4.78 is 4.90. The van der Waals surface area contributed by atoms with Crippen molar-refractivity contribution < 1.29 is 19.1 Å². The molecule has 0 aromatic heterocycles. The van der Waals surface area contributed by atoms with Gasteiger partial charge >= 0.3 is 5.97 Å². The van der Waals surface area contributed by atoms with Crippen LogP contribution in [0.2, 0.25) is 0 Å². The zero-order valence-corrected chi connectivity index (χ0v) is 16.3. The van der Waals surface area contributed by atoms with E-state index in [9.17, 15) is 14.4 Å². The van der Waals surface area contributed by atoms with E-state index in [1.165, 1.54) is 14.0 Å². The van der Waals surface area contributed by atoms with Crippen LogP contribution in [0.4, 0.5) is 5.69 Å². The molecule has 0 aliphatic carbocycles. The van der Waals surface area contributed by atoms with E-state index in [0.29, 0.717) is 17.7 Å². The smallest absolute Gasteiger partial charge is 0.328 e. The second-order valence-corrected chi connectivity index (χ2v) is 6.65. The summed E-state index contributed by atoms with van der Waals surface area (Å²) >= 11 is 0. The molecule has 0 heterocycles. The number of hydrogen-bond donors (Lipinski definition) is 2. The maximum Gasteiger partial charge on any atom is 0.328 e. The third-order valence-corrected chi connectivity index (χ3v) is 4.54. The Morgan fingerprint density at radius 1 is 0.966 bits per heavy atom. The van der Waals surface area contributed by atoms with Crippen LogP contribution >= 0.6 is 0 Å². The van der Waals surface area contributed by atoms with Crippen molar-refractivity contribution in [2.45, 2.75) is 19.4 Å². The fraction of sp³-hybridized carbons (Fsp3) is 0.174. The van der Waals surface area contributed by atoms with Gasteiger partial charge in [0.15, 0.2) is 0 Å². The highest BCUT2D eigenvalue weighted by Gasteiger charge is 2.23. The SMILES string of the molecule is COC(=O)[C@H](Cc1cccc2ccccc12)NC(=O)c1cccc(NC(C)=O)c1. The molecule has 0 aliphatic heterocycles. The van der Waals surface area contributed by atoms with Crippen LogP contribution in [0.1, 0.15) is 22.8 Å². The molecule has 0 saturated carbocycles. The zero-order chi connectivity index (χ0) is 20.8. The Hall–Kier alpha value is -3.67. The lowest BCUT2D eigenvalue weighted by Crippen LogP contribution is -2.43. The number of amides is 2. The number of carbonyl (C=O) groups is 3. The van der Waals surface area contributed by atoms with Crippen LogP contribution in [0, 0.1) is 0 Å². The molecule has 0 radical (unpaired) electrons. The Kier molecular flexibility index (Phi) is 6.24. The minimum atomic E-state index is -0.845. The van der Waals surface area contributed by atoms with Gasteiger partial charge in [-0.25, -0.2) is 4.79 Å². The largest absolute Gasteiger partial charge is 0.467 e. The number of nitrogens with one attached hydrogen (secondary N) is 2. The van der Waals surface area contributed by atoms with Crippen LogP contribution in [0.15, 0.2) is 66.7 Å². The summed E-state index contributed by atoms with van der Waals surface area (Å²) in [5.74, 6) is -1.18. The second-order valence-electron chi connectivity index (χ2n) is 6.65. The number of fused-ring (bicyclic) bond motifs is 1. The molecule has 148 valence electrons. The van der Waals surface area contributed by atoms with Crippen molar-refractivity contribution in [1.29, 1.82) is 0 Å². The predicted octanol–water partition coefficient (Wildman–Crippen LogP) is 3.31. The molecule has 0 spiro atoms. The monoisotopic (exact) mass is 390 g/mol. The highest BCUT2D eigenvalue weighted by molar-refractivity contribution is 5.99. The van der Waals surface area contributed by atoms with Crippen molar-refractivity contribution in [3.8, 4) is 0 Å². The van der Waals surface area contributed by atoms with Crippen LogP contribution in [0.5, 0.6) is 0 Å². The summed E-state index contributed by atoms with van der Waals surface area (Å²) in [6.07, 6.45) is 0.297. The highest BCUT2D eigenvalue weighted by Crippen LogP contribution is 2.20. The van der Waals surface area contributed by atoms with E-state index < -0.39 is 17.9 Å². The van der Waals surface area contributed by atoms with Crippen LogP contribution in [0.3, 0.4) is 0 Å². The van der Waals surface area contributed by atoms with E-state index in [0.717, 1.165) is 16.3 Å². The van der Waals surface area contributed by atoms with Gasteiger partial charge in [-0.2, -0.15) is 0 Å². The maximum absolute atomic E-state index is 12.7. The maximum atomic E-state index is 12.7. The predicted molar refractivity (Wildman–Crippen MR) is 112 cm³/mol. The number of ether oxygens (including phenoxy) is 1. The van der Waals surface area contributed by atoms with E-state index >= 15 is 0 Å². The molecule has 2 amide bonds. The summed E-state index contributed by atoms with van der Waals surface area (Å²) in [4.78, 5) is 36.3. The molecule has 0 unspecified atom stereocenters. The van der Waals surface area contributed by atoms with Gasteiger partial charge in [-0.3, -0.25) is 9.59 Å². The van der Waals surface area contributed by atoms with E-state index in [-0.39, 0.29) is 5.91 Å². The fourth-order valence-corrected chi connectivity index (χ4v) is 3.21. The van der Waals surface area contributed by atoms with Gasteiger partial charge in [-0.05, 0) is 34.5 Å². The van der Waals surface area contributed by atoms with Crippen molar-refractivity contribution >= 4 is 34.2 Å². The molecule has 29 heavy (non-hydrogen) atoms. The average molecular weight is 390 g/mol. The van der Waals surface area contributed by atoms with Crippen LogP contribution in [-0.2, 0) is 20.7 Å².